The number of hydrogen-bond donors (Lipinski definition) is 0. The lowest BCUT2D eigenvalue weighted by Gasteiger charge is -1.98. The number of aromatic nitrogens is 5. The van der Waals surface area contributed by atoms with Crippen LogP contribution in [-0.2, 0) is 7.05 Å². The van der Waals surface area contributed by atoms with E-state index in [1.54, 1.807) is 12.5 Å². The molecule has 4 rings (SSSR count). The highest BCUT2D eigenvalue weighted by atomic mass is 16.3. The third kappa shape index (κ3) is 2.42. The first-order chi connectivity index (χ1) is 11.6. The van der Waals surface area contributed by atoms with E-state index in [0.717, 1.165) is 34.0 Å². The molecule has 4 heterocycles. The van der Waals surface area contributed by atoms with Gasteiger partial charge in [0.05, 0.1) is 18.2 Å². The predicted molar refractivity (Wildman–Crippen MR) is 92.3 cm³/mol. The molecule has 120 valence electrons. The number of furan rings is 1. The Kier molecular flexibility index (Phi) is 3.30. The maximum atomic E-state index is 5.11. The first kappa shape index (κ1) is 14.4. The molecule has 0 aromatic carbocycles. The molecule has 0 unspecified atom stereocenters. The van der Waals surface area contributed by atoms with Gasteiger partial charge in [0.1, 0.15) is 5.82 Å². The summed E-state index contributed by atoms with van der Waals surface area (Å²) in [5, 5.41) is 4.54. The van der Waals surface area contributed by atoms with Gasteiger partial charge in [-0.25, -0.2) is 14.5 Å². The average molecular weight is 319 g/mol. The minimum Gasteiger partial charge on any atom is -0.472 e. The van der Waals surface area contributed by atoms with Crippen molar-refractivity contribution in [2.24, 2.45) is 7.05 Å². The van der Waals surface area contributed by atoms with Gasteiger partial charge in [-0.1, -0.05) is 6.07 Å². The Morgan fingerprint density at radius 3 is 2.71 bits per heavy atom. The number of fused-ring (bicyclic) bond motifs is 1. The van der Waals surface area contributed by atoms with Gasteiger partial charge in [0.25, 0.3) is 0 Å². The van der Waals surface area contributed by atoms with Crippen molar-refractivity contribution < 1.29 is 4.42 Å². The lowest BCUT2D eigenvalue weighted by molar-refractivity contribution is 0.568. The molecule has 4 aromatic heterocycles. The quantitative estimate of drug-likeness (QED) is 0.580. The van der Waals surface area contributed by atoms with Gasteiger partial charge in [-0.3, -0.25) is 0 Å². The van der Waals surface area contributed by atoms with E-state index >= 15 is 0 Å². The van der Waals surface area contributed by atoms with Crippen molar-refractivity contribution in [1.29, 1.82) is 0 Å². The molecule has 0 amide bonds. The van der Waals surface area contributed by atoms with Gasteiger partial charge in [-0.05, 0) is 43.7 Å². The molecule has 0 spiro atoms. The van der Waals surface area contributed by atoms with Crippen LogP contribution >= 0.6 is 0 Å². The normalized spacial score (nSPS) is 11.8. The lowest BCUT2D eigenvalue weighted by atomic mass is 10.3. The second-order valence-electron chi connectivity index (χ2n) is 5.80. The maximum absolute atomic E-state index is 5.11. The molecule has 0 saturated heterocycles. The maximum Gasteiger partial charge on any atom is 0.175 e. The third-order valence-corrected chi connectivity index (χ3v) is 4.00. The molecule has 0 radical (unpaired) electrons. The molecule has 0 aliphatic carbocycles. The Hall–Kier alpha value is -3.15. The number of rotatable bonds is 3. The Bertz CT molecular complexity index is 998. The molecule has 6 heteroatoms. The molecule has 24 heavy (non-hydrogen) atoms. The summed E-state index contributed by atoms with van der Waals surface area (Å²) in [6.45, 7) is 4.05. The average Bonchev–Trinajstić information content (AvgIpc) is 3.28. The summed E-state index contributed by atoms with van der Waals surface area (Å²) >= 11 is 0. The number of hydrogen-bond acceptors (Lipinski definition) is 4. The van der Waals surface area contributed by atoms with Gasteiger partial charge in [0, 0.05) is 24.5 Å². The van der Waals surface area contributed by atoms with Crippen LogP contribution in [0.2, 0.25) is 0 Å². The van der Waals surface area contributed by atoms with E-state index in [-0.39, 0.29) is 0 Å². The fourth-order valence-corrected chi connectivity index (χ4v) is 2.62. The van der Waals surface area contributed by atoms with Crippen LogP contribution in [0.3, 0.4) is 0 Å². The van der Waals surface area contributed by atoms with E-state index in [4.69, 9.17) is 4.42 Å². The highest BCUT2D eigenvalue weighted by molar-refractivity contribution is 5.67. The van der Waals surface area contributed by atoms with Crippen LogP contribution in [0.25, 0.3) is 29.1 Å². The summed E-state index contributed by atoms with van der Waals surface area (Å²) in [6, 6.07) is 5.99. The lowest BCUT2D eigenvalue weighted by Crippen LogP contribution is -1.94. The van der Waals surface area contributed by atoms with Crippen molar-refractivity contribution in [2.45, 2.75) is 13.8 Å². The second kappa shape index (κ2) is 5.49. The van der Waals surface area contributed by atoms with Crippen molar-refractivity contribution >= 4 is 17.8 Å². The van der Waals surface area contributed by atoms with E-state index in [1.165, 1.54) is 0 Å². The third-order valence-electron chi connectivity index (χ3n) is 4.00. The van der Waals surface area contributed by atoms with E-state index < -0.39 is 0 Å². The van der Waals surface area contributed by atoms with Gasteiger partial charge in [-0.15, -0.1) is 5.10 Å². The first-order valence-electron chi connectivity index (χ1n) is 7.69. The highest BCUT2D eigenvalue weighted by Gasteiger charge is 2.08. The molecule has 0 aliphatic heterocycles. The molecule has 4 aromatic rings. The van der Waals surface area contributed by atoms with Crippen molar-refractivity contribution in [1.82, 2.24) is 24.1 Å². The SMILES string of the molecule is Cc1ccc(C)n2nc(C=Cc3nc(-c4ccoc4)cn3C)nc12. The van der Waals surface area contributed by atoms with Crippen LogP contribution in [-0.4, -0.2) is 24.1 Å². The molecule has 0 aliphatic rings. The van der Waals surface area contributed by atoms with Crippen molar-refractivity contribution in [2.75, 3.05) is 0 Å². The topological polar surface area (TPSA) is 61.1 Å². The molecule has 0 bridgehead atoms. The summed E-state index contributed by atoms with van der Waals surface area (Å²) in [4.78, 5) is 9.20. The van der Waals surface area contributed by atoms with E-state index in [9.17, 15) is 0 Å². The van der Waals surface area contributed by atoms with Crippen LogP contribution < -0.4 is 0 Å². The predicted octanol–water partition coefficient (Wildman–Crippen LogP) is 3.51. The van der Waals surface area contributed by atoms with Crippen LogP contribution in [0.4, 0.5) is 0 Å². The van der Waals surface area contributed by atoms with Crippen molar-refractivity contribution in [3.05, 3.63) is 59.8 Å². The van der Waals surface area contributed by atoms with Crippen LogP contribution in [0, 0.1) is 13.8 Å². The fourth-order valence-electron chi connectivity index (χ4n) is 2.62. The molecule has 0 fully saturated rings. The molecule has 6 nitrogen and oxygen atoms in total. The van der Waals surface area contributed by atoms with Crippen LogP contribution in [0.15, 0.2) is 41.3 Å². The standard InChI is InChI=1S/C18H17N5O/c1-12-4-5-13(2)23-18(12)20-16(21-23)6-7-17-19-15(10-22(17)3)14-8-9-24-11-14/h4-11H,1-3H3. The smallest absolute Gasteiger partial charge is 0.175 e. The largest absolute Gasteiger partial charge is 0.472 e. The summed E-state index contributed by atoms with van der Waals surface area (Å²) in [6.07, 6.45) is 9.10. The minimum atomic E-state index is 0.667. The Morgan fingerprint density at radius 2 is 1.96 bits per heavy atom. The zero-order valence-corrected chi connectivity index (χ0v) is 13.8. The van der Waals surface area contributed by atoms with Gasteiger partial charge in [-0.2, -0.15) is 0 Å². The fraction of sp³-hybridized carbons (Fsp3) is 0.167. The minimum absolute atomic E-state index is 0.667. The zero-order chi connectivity index (χ0) is 16.7. The zero-order valence-electron chi connectivity index (χ0n) is 13.8. The summed E-state index contributed by atoms with van der Waals surface area (Å²) in [5.41, 5.74) is 4.88. The Labute approximate surface area is 139 Å². The van der Waals surface area contributed by atoms with Gasteiger partial charge >= 0.3 is 0 Å². The van der Waals surface area contributed by atoms with Crippen molar-refractivity contribution in [3.8, 4) is 11.3 Å². The number of nitrogens with zero attached hydrogens (tertiary/aromatic N) is 5. The molecular formula is C18H17N5O. The molecule has 0 N–H and O–H groups in total. The van der Waals surface area contributed by atoms with E-state index in [0.29, 0.717) is 5.82 Å². The van der Waals surface area contributed by atoms with Gasteiger partial charge < -0.3 is 8.98 Å². The summed E-state index contributed by atoms with van der Waals surface area (Å²) in [7, 11) is 1.96. The molecule has 0 saturated carbocycles. The highest BCUT2D eigenvalue weighted by Crippen LogP contribution is 2.19. The van der Waals surface area contributed by atoms with E-state index in [2.05, 4.69) is 21.1 Å². The second-order valence-corrected chi connectivity index (χ2v) is 5.80. The first-order valence-corrected chi connectivity index (χ1v) is 7.69. The van der Waals surface area contributed by atoms with Gasteiger partial charge in [0.2, 0.25) is 0 Å². The number of imidazole rings is 1. The number of aryl methyl sites for hydroxylation is 3. The van der Waals surface area contributed by atoms with Crippen LogP contribution in [0.1, 0.15) is 22.9 Å². The van der Waals surface area contributed by atoms with Crippen LogP contribution in [0.5, 0.6) is 0 Å². The molecular weight excluding hydrogens is 302 g/mol. The van der Waals surface area contributed by atoms with Crippen molar-refractivity contribution in [3.63, 3.8) is 0 Å². The summed E-state index contributed by atoms with van der Waals surface area (Å²) < 4.78 is 8.94. The molecule has 0 atom stereocenters. The monoisotopic (exact) mass is 319 g/mol. The van der Waals surface area contributed by atoms with Gasteiger partial charge in [0.15, 0.2) is 11.5 Å². The van der Waals surface area contributed by atoms with E-state index in [1.807, 2.05) is 60.5 Å². The Balaban J connectivity index is 1.68. The Morgan fingerprint density at radius 1 is 1.08 bits per heavy atom. The summed E-state index contributed by atoms with van der Waals surface area (Å²) in [5.74, 6) is 1.50. The number of pyridine rings is 1.